The van der Waals surface area contributed by atoms with Crippen molar-refractivity contribution in [3.05, 3.63) is 0 Å². The van der Waals surface area contributed by atoms with Gasteiger partial charge < -0.3 is 15.7 Å². The van der Waals surface area contributed by atoms with E-state index in [4.69, 9.17) is 5.73 Å². The van der Waals surface area contributed by atoms with Gasteiger partial charge in [-0.1, -0.05) is 0 Å². The lowest BCUT2D eigenvalue weighted by atomic mass is 10.0. The molecule has 0 saturated heterocycles. The fraction of sp³-hybridized carbons (Fsp3) is 0.917. The Balaban J connectivity index is 2.56. The van der Waals surface area contributed by atoms with Crippen molar-refractivity contribution in [2.75, 3.05) is 13.1 Å². The minimum Gasteiger partial charge on any atom is -0.389 e. The van der Waals surface area contributed by atoms with E-state index in [-0.39, 0.29) is 17.9 Å². The second-order valence-corrected chi connectivity index (χ2v) is 5.43. The Hall–Kier alpha value is -0.610. The van der Waals surface area contributed by atoms with Gasteiger partial charge in [0.15, 0.2) is 0 Å². The van der Waals surface area contributed by atoms with Crippen LogP contribution in [0.4, 0.5) is 0 Å². The van der Waals surface area contributed by atoms with Gasteiger partial charge in [-0.2, -0.15) is 0 Å². The van der Waals surface area contributed by atoms with Gasteiger partial charge in [-0.15, -0.1) is 0 Å². The number of carbonyl (C=O) groups is 1. The Morgan fingerprint density at radius 1 is 1.50 bits per heavy atom. The van der Waals surface area contributed by atoms with Crippen molar-refractivity contribution in [3.63, 3.8) is 0 Å². The predicted molar refractivity (Wildman–Crippen MR) is 63.9 cm³/mol. The zero-order chi connectivity index (χ0) is 12.3. The van der Waals surface area contributed by atoms with E-state index in [2.05, 4.69) is 0 Å². The standard InChI is InChI=1S/C12H24N2O2/c1-4-14(8-12(2,3)16)11(15)9-5-6-10(13)7-9/h9-10,16H,4-8,13H2,1-3H3. The Morgan fingerprint density at radius 3 is 2.50 bits per heavy atom. The average Bonchev–Trinajstić information content (AvgIpc) is 2.58. The fourth-order valence-electron chi connectivity index (χ4n) is 2.31. The molecule has 4 nitrogen and oxygen atoms in total. The summed E-state index contributed by atoms with van der Waals surface area (Å²) < 4.78 is 0. The van der Waals surface area contributed by atoms with Crippen LogP contribution >= 0.6 is 0 Å². The van der Waals surface area contributed by atoms with Crippen LogP contribution in [0, 0.1) is 5.92 Å². The maximum atomic E-state index is 12.2. The summed E-state index contributed by atoms with van der Waals surface area (Å²) in [6.07, 6.45) is 2.63. The smallest absolute Gasteiger partial charge is 0.225 e. The van der Waals surface area contributed by atoms with Gasteiger partial charge in [0, 0.05) is 25.0 Å². The van der Waals surface area contributed by atoms with Crippen molar-refractivity contribution >= 4 is 5.91 Å². The number of nitrogens with zero attached hydrogens (tertiary/aromatic N) is 1. The normalized spacial score (nSPS) is 25.8. The van der Waals surface area contributed by atoms with Crippen molar-refractivity contribution in [1.29, 1.82) is 0 Å². The third kappa shape index (κ3) is 3.76. The van der Waals surface area contributed by atoms with Crippen LogP contribution in [0.15, 0.2) is 0 Å². The molecule has 0 spiro atoms. The van der Waals surface area contributed by atoms with Crippen molar-refractivity contribution < 1.29 is 9.90 Å². The summed E-state index contributed by atoms with van der Waals surface area (Å²) in [7, 11) is 0. The Labute approximate surface area is 97.8 Å². The second-order valence-electron chi connectivity index (χ2n) is 5.43. The highest BCUT2D eigenvalue weighted by Gasteiger charge is 2.32. The summed E-state index contributed by atoms with van der Waals surface area (Å²) in [6.45, 7) is 6.44. The number of nitrogens with two attached hydrogens (primary N) is 1. The van der Waals surface area contributed by atoms with Crippen molar-refractivity contribution in [2.45, 2.75) is 51.7 Å². The van der Waals surface area contributed by atoms with Crippen LogP contribution in [-0.2, 0) is 4.79 Å². The third-order valence-corrected chi connectivity index (χ3v) is 3.09. The Bertz CT molecular complexity index is 248. The van der Waals surface area contributed by atoms with Crippen molar-refractivity contribution in [2.24, 2.45) is 11.7 Å². The maximum absolute atomic E-state index is 12.2. The molecule has 3 N–H and O–H groups in total. The lowest BCUT2D eigenvalue weighted by Crippen LogP contribution is -2.44. The largest absolute Gasteiger partial charge is 0.389 e. The molecular weight excluding hydrogens is 204 g/mol. The first-order valence-corrected chi connectivity index (χ1v) is 6.10. The molecule has 1 fully saturated rings. The van der Waals surface area contributed by atoms with E-state index in [1.807, 2.05) is 6.92 Å². The average molecular weight is 228 g/mol. The molecule has 0 aliphatic heterocycles. The Morgan fingerprint density at radius 2 is 2.12 bits per heavy atom. The van der Waals surface area contributed by atoms with Crippen LogP contribution in [0.5, 0.6) is 0 Å². The first-order valence-electron chi connectivity index (χ1n) is 6.10. The summed E-state index contributed by atoms with van der Waals surface area (Å²) in [6, 6.07) is 0.176. The molecule has 4 heteroatoms. The molecule has 0 aromatic rings. The quantitative estimate of drug-likeness (QED) is 0.745. The number of hydrogen-bond donors (Lipinski definition) is 2. The number of amides is 1. The summed E-state index contributed by atoms with van der Waals surface area (Å²) in [5.41, 5.74) is 4.98. The summed E-state index contributed by atoms with van der Waals surface area (Å²) >= 11 is 0. The highest BCUT2D eigenvalue weighted by Crippen LogP contribution is 2.26. The minimum atomic E-state index is -0.827. The van der Waals surface area contributed by atoms with Gasteiger partial charge in [0.25, 0.3) is 0 Å². The minimum absolute atomic E-state index is 0.0669. The molecule has 16 heavy (non-hydrogen) atoms. The first-order chi connectivity index (χ1) is 7.33. The van der Waals surface area contributed by atoms with E-state index in [1.54, 1.807) is 18.7 Å². The first kappa shape index (κ1) is 13.5. The van der Waals surface area contributed by atoms with Gasteiger partial charge in [-0.25, -0.2) is 0 Å². The molecule has 94 valence electrons. The third-order valence-electron chi connectivity index (χ3n) is 3.09. The number of carbonyl (C=O) groups excluding carboxylic acids is 1. The van der Waals surface area contributed by atoms with E-state index >= 15 is 0 Å². The highest BCUT2D eigenvalue weighted by atomic mass is 16.3. The van der Waals surface area contributed by atoms with Crippen LogP contribution in [0.1, 0.15) is 40.0 Å². The summed E-state index contributed by atoms with van der Waals surface area (Å²) in [4.78, 5) is 13.9. The number of aliphatic hydroxyl groups is 1. The van der Waals surface area contributed by atoms with Gasteiger partial charge in [0.1, 0.15) is 0 Å². The Kier molecular flexibility index (Phi) is 4.33. The molecule has 1 rings (SSSR count). The predicted octanol–water partition coefficient (Wildman–Crippen LogP) is 0.733. The molecule has 0 heterocycles. The monoisotopic (exact) mass is 228 g/mol. The van der Waals surface area contributed by atoms with Crippen LogP contribution in [0.3, 0.4) is 0 Å². The van der Waals surface area contributed by atoms with Crippen LogP contribution < -0.4 is 5.73 Å². The lowest BCUT2D eigenvalue weighted by molar-refractivity contribution is -0.138. The van der Waals surface area contributed by atoms with Crippen molar-refractivity contribution in [1.82, 2.24) is 4.90 Å². The summed E-state index contributed by atoms with van der Waals surface area (Å²) in [5, 5.41) is 9.74. The van der Waals surface area contributed by atoms with E-state index < -0.39 is 5.60 Å². The topological polar surface area (TPSA) is 66.6 Å². The van der Waals surface area contributed by atoms with E-state index in [0.29, 0.717) is 13.1 Å². The fourth-order valence-corrected chi connectivity index (χ4v) is 2.31. The maximum Gasteiger partial charge on any atom is 0.225 e. The molecule has 1 aliphatic carbocycles. The molecule has 0 aromatic carbocycles. The van der Waals surface area contributed by atoms with Crippen LogP contribution in [0.25, 0.3) is 0 Å². The molecule has 2 unspecified atom stereocenters. The van der Waals surface area contributed by atoms with Crippen molar-refractivity contribution in [3.8, 4) is 0 Å². The highest BCUT2D eigenvalue weighted by molar-refractivity contribution is 5.79. The zero-order valence-corrected chi connectivity index (χ0v) is 10.6. The van der Waals surface area contributed by atoms with E-state index in [9.17, 15) is 9.90 Å². The molecule has 1 aliphatic rings. The molecular formula is C12H24N2O2. The number of rotatable bonds is 4. The molecule has 1 amide bonds. The van der Waals surface area contributed by atoms with E-state index in [1.165, 1.54) is 0 Å². The van der Waals surface area contributed by atoms with Gasteiger partial charge in [-0.3, -0.25) is 4.79 Å². The molecule has 0 aromatic heterocycles. The molecule has 2 atom stereocenters. The molecule has 0 radical (unpaired) electrons. The molecule has 1 saturated carbocycles. The van der Waals surface area contributed by atoms with Gasteiger partial charge in [-0.05, 0) is 40.0 Å². The molecule has 0 bridgehead atoms. The van der Waals surface area contributed by atoms with Crippen LogP contribution in [-0.4, -0.2) is 40.6 Å². The van der Waals surface area contributed by atoms with Gasteiger partial charge in [0.05, 0.1) is 5.60 Å². The SMILES string of the molecule is CCN(CC(C)(C)O)C(=O)C1CCC(N)C1. The summed E-state index contributed by atoms with van der Waals surface area (Å²) in [5.74, 6) is 0.217. The number of hydrogen-bond acceptors (Lipinski definition) is 3. The van der Waals surface area contributed by atoms with Gasteiger partial charge >= 0.3 is 0 Å². The van der Waals surface area contributed by atoms with Crippen LogP contribution in [0.2, 0.25) is 0 Å². The van der Waals surface area contributed by atoms with E-state index in [0.717, 1.165) is 19.3 Å². The number of likely N-dealkylation sites (N-methyl/N-ethyl adjacent to an activating group) is 1. The zero-order valence-electron chi connectivity index (χ0n) is 10.6. The van der Waals surface area contributed by atoms with Gasteiger partial charge in [0.2, 0.25) is 5.91 Å². The lowest BCUT2D eigenvalue weighted by Gasteiger charge is -2.30. The second kappa shape index (κ2) is 5.15.